The number of para-hydroxylation sites is 1. The van der Waals surface area contributed by atoms with Crippen molar-refractivity contribution in [3.8, 4) is 5.75 Å². The molecular formula is C19H17ClN2O4S. The molecule has 1 aromatic heterocycles. The van der Waals surface area contributed by atoms with E-state index < -0.39 is 5.97 Å². The molecule has 27 heavy (non-hydrogen) atoms. The van der Waals surface area contributed by atoms with Gasteiger partial charge in [-0.05, 0) is 37.3 Å². The first kappa shape index (κ1) is 19.1. The Labute approximate surface area is 165 Å². The van der Waals surface area contributed by atoms with Crippen molar-refractivity contribution in [2.45, 2.75) is 6.92 Å². The largest absolute Gasteiger partial charge is 0.482 e. The Morgan fingerprint density at radius 2 is 1.96 bits per heavy atom. The van der Waals surface area contributed by atoms with Crippen LogP contribution in [0.1, 0.15) is 6.92 Å². The SMILES string of the molecule is CCN(C(=O)COC(=O)COc1cccc(Cl)c1)c1nc2ccccc2s1. The van der Waals surface area contributed by atoms with Gasteiger partial charge in [0.25, 0.3) is 5.91 Å². The number of hydrogen-bond donors (Lipinski definition) is 0. The lowest BCUT2D eigenvalue weighted by molar-refractivity contribution is -0.149. The second kappa shape index (κ2) is 8.83. The Morgan fingerprint density at radius 1 is 1.15 bits per heavy atom. The van der Waals surface area contributed by atoms with Crippen molar-refractivity contribution in [3.05, 3.63) is 53.6 Å². The number of hydrogen-bond acceptors (Lipinski definition) is 6. The highest BCUT2D eigenvalue weighted by Crippen LogP contribution is 2.28. The summed E-state index contributed by atoms with van der Waals surface area (Å²) >= 11 is 7.27. The van der Waals surface area contributed by atoms with Crippen LogP contribution in [0.3, 0.4) is 0 Å². The van der Waals surface area contributed by atoms with Gasteiger partial charge in [-0.25, -0.2) is 9.78 Å². The molecule has 0 aliphatic carbocycles. The number of fused-ring (bicyclic) bond motifs is 1. The molecule has 0 N–H and O–H groups in total. The summed E-state index contributed by atoms with van der Waals surface area (Å²) in [6.45, 7) is 1.59. The standard InChI is InChI=1S/C19H17ClN2O4S/c1-2-22(19-21-15-8-3-4-9-16(15)27-19)17(23)11-26-18(24)12-25-14-7-5-6-13(20)10-14/h3-10H,2,11-12H2,1H3. The van der Waals surface area contributed by atoms with Crippen molar-refractivity contribution in [1.29, 1.82) is 0 Å². The maximum absolute atomic E-state index is 12.4. The van der Waals surface area contributed by atoms with Crippen LogP contribution in [0.2, 0.25) is 5.02 Å². The summed E-state index contributed by atoms with van der Waals surface area (Å²) in [7, 11) is 0. The molecule has 140 valence electrons. The molecule has 1 heterocycles. The molecule has 0 aliphatic heterocycles. The second-order valence-corrected chi connectivity index (χ2v) is 6.95. The average molecular weight is 405 g/mol. The summed E-state index contributed by atoms with van der Waals surface area (Å²) in [4.78, 5) is 30.2. The van der Waals surface area contributed by atoms with Crippen LogP contribution in [0, 0.1) is 0 Å². The van der Waals surface area contributed by atoms with E-state index in [-0.39, 0.29) is 19.1 Å². The van der Waals surface area contributed by atoms with Crippen molar-refractivity contribution in [2.75, 3.05) is 24.7 Å². The summed E-state index contributed by atoms with van der Waals surface area (Å²) in [5, 5.41) is 1.08. The van der Waals surface area contributed by atoms with Crippen LogP contribution >= 0.6 is 22.9 Å². The molecule has 0 saturated heterocycles. The molecule has 2 aromatic carbocycles. The number of benzene rings is 2. The van der Waals surface area contributed by atoms with Crippen LogP contribution in [0.5, 0.6) is 5.75 Å². The molecule has 0 unspecified atom stereocenters. The fourth-order valence-electron chi connectivity index (χ4n) is 2.35. The third-order valence-electron chi connectivity index (χ3n) is 3.64. The number of esters is 1. The Balaban J connectivity index is 1.54. The molecule has 0 saturated carbocycles. The number of amides is 1. The molecule has 0 fully saturated rings. The number of halogens is 1. The molecule has 3 rings (SSSR count). The fourth-order valence-corrected chi connectivity index (χ4v) is 3.58. The van der Waals surface area contributed by atoms with Crippen molar-refractivity contribution in [2.24, 2.45) is 0 Å². The smallest absolute Gasteiger partial charge is 0.344 e. The molecule has 3 aromatic rings. The number of ether oxygens (including phenoxy) is 2. The topological polar surface area (TPSA) is 68.7 Å². The van der Waals surface area contributed by atoms with E-state index in [9.17, 15) is 9.59 Å². The minimum Gasteiger partial charge on any atom is -0.482 e. The number of aromatic nitrogens is 1. The molecule has 6 nitrogen and oxygen atoms in total. The third-order valence-corrected chi connectivity index (χ3v) is 4.93. The number of rotatable bonds is 7. The number of nitrogens with zero attached hydrogens (tertiary/aromatic N) is 2. The zero-order chi connectivity index (χ0) is 19.2. The van der Waals surface area contributed by atoms with Gasteiger partial charge in [0, 0.05) is 11.6 Å². The highest BCUT2D eigenvalue weighted by atomic mass is 35.5. The Hall–Kier alpha value is -2.64. The average Bonchev–Trinajstić information content (AvgIpc) is 3.09. The summed E-state index contributed by atoms with van der Waals surface area (Å²) in [5.41, 5.74) is 0.829. The van der Waals surface area contributed by atoms with Crippen LogP contribution in [-0.2, 0) is 14.3 Å². The lowest BCUT2D eigenvalue weighted by Crippen LogP contribution is -2.35. The van der Waals surface area contributed by atoms with Gasteiger partial charge in [-0.15, -0.1) is 0 Å². The fraction of sp³-hybridized carbons (Fsp3) is 0.211. The number of thiazole rings is 1. The Bertz CT molecular complexity index is 927. The highest BCUT2D eigenvalue weighted by Gasteiger charge is 2.19. The number of likely N-dealkylation sites (N-methyl/N-ethyl adjacent to an activating group) is 1. The van der Waals surface area contributed by atoms with Crippen molar-refractivity contribution in [3.63, 3.8) is 0 Å². The van der Waals surface area contributed by atoms with Crippen LogP contribution in [0.15, 0.2) is 48.5 Å². The van der Waals surface area contributed by atoms with E-state index in [1.165, 1.54) is 16.2 Å². The molecule has 0 bridgehead atoms. The second-order valence-electron chi connectivity index (χ2n) is 5.51. The quantitative estimate of drug-likeness (QED) is 0.558. The van der Waals surface area contributed by atoms with E-state index in [1.807, 2.05) is 31.2 Å². The van der Waals surface area contributed by atoms with Crippen LogP contribution in [-0.4, -0.2) is 36.6 Å². The van der Waals surface area contributed by atoms with E-state index in [2.05, 4.69) is 4.98 Å². The van der Waals surface area contributed by atoms with Gasteiger partial charge in [-0.2, -0.15) is 0 Å². The molecule has 1 amide bonds. The van der Waals surface area contributed by atoms with Gasteiger partial charge in [0.15, 0.2) is 18.3 Å². The molecule has 0 atom stereocenters. The Kier molecular flexibility index (Phi) is 6.26. The number of carbonyl (C=O) groups is 2. The Morgan fingerprint density at radius 3 is 2.70 bits per heavy atom. The predicted octanol–water partition coefficient (Wildman–Crippen LogP) is 3.92. The van der Waals surface area contributed by atoms with E-state index in [0.29, 0.717) is 22.4 Å². The summed E-state index contributed by atoms with van der Waals surface area (Å²) in [6, 6.07) is 14.3. The molecule has 0 aliphatic rings. The molecular weight excluding hydrogens is 388 g/mol. The first-order chi connectivity index (χ1) is 13.1. The van der Waals surface area contributed by atoms with Gasteiger partial charge in [-0.1, -0.05) is 41.1 Å². The summed E-state index contributed by atoms with van der Waals surface area (Å²) < 4.78 is 11.3. The van der Waals surface area contributed by atoms with E-state index in [1.54, 1.807) is 24.3 Å². The zero-order valence-electron chi connectivity index (χ0n) is 14.6. The lowest BCUT2D eigenvalue weighted by Gasteiger charge is -2.17. The van der Waals surface area contributed by atoms with E-state index >= 15 is 0 Å². The van der Waals surface area contributed by atoms with Crippen LogP contribution < -0.4 is 9.64 Å². The van der Waals surface area contributed by atoms with Gasteiger partial charge in [0.2, 0.25) is 0 Å². The van der Waals surface area contributed by atoms with Gasteiger partial charge in [0.05, 0.1) is 10.2 Å². The first-order valence-corrected chi connectivity index (χ1v) is 9.46. The minimum atomic E-state index is -0.635. The maximum atomic E-state index is 12.4. The third kappa shape index (κ3) is 4.96. The monoisotopic (exact) mass is 404 g/mol. The number of carbonyl (C=O) groups excluding carboxylic acids is 2. The van der Waals surface area contributed by atoms with Crippen molar-refractivity contribution < 1.29 is 19.1 Å². The van der Waals surface area contributed by atoms with Gasteiger partial charge in [-0.3, -0.25) is 9.69 Å². The zero-order valence-corrected chi connectivity index (χ0v) is 16.1. The lowest BCUT2D eigenvalue weighted by atomic mass is 10.3. The van der Waals surface area contributed by atoms with Crippen LogP contribution in [0.25, 0.3) is 10.2 Å². The highest BCUT2D eigenvalue weighted by molar-refractivity contribution is 7.22. The van der Waals surface area contributed by atoms with Crippen molar-refractivity contribution in [1.82, 2.24) is 4.98 Å². The van der Waals surface area contributed by atoms with Gasteiger partial charge in [0.1, 0.15) is 5.75 Å². The van der Waals surface area contributed by atoms with Crippen molar-refractivity contribution >= 4 is 50.2 Å². The van der Waals surface area contributed by atoms with E-state index in [0.717, 1.165) is 10.2 Å². The van der Waals surface area contributed by atoms with E-state index in [4.69, 9.17) is 21.1 Å². The summed E-state index contributed by atoms with van der Waals surface area (Å²) in [5.74, 6) is -0.522. The molecule has 0 radical (unpaired) electrons. The maximum Gasteiger partial charge on any atom is 0.344 e. The minimum absolute atomic E-state index is 0.305. The van der Waals surface area contributed by atoms with Gasteiger partial charge < -0.3 is 9.47 Å². The normalized spacial score (nSPS) is 10.6. The molecule has 8 heteroatoms. The van der Waals surface area contributed by atoms with Crippen LogP contribution in [0.4, 0.5) is 5.13 Å². The number of anilines is 1. The molecule has 0 spiro atoms. The van der Waals surface area contributed by atoms with Gasteiger partial charge >= 0.3 is 5.97 Å². The summed E-state index contributed by atoms with van der Waals surface area (Å²) in [6.07, 6.45) is 0. The predicted molar refractivity (Wildman–Crippen MR) is 106 cm³/mol. The first-order valence-electron chi connectivity index (χ1n) is 8.26.